The van der Waals surface area contributed by atoms with Crippen molar-refractivity contribution in [3.8, 4) is 0 Å². The Balaban J connectivity index is 1.92. The summed E-state index contributed by atoms with van der Waals surface area (Å²) in [5, 5.41) is 0.0406. The lowest BCUT2D eigenvalue weighted by Gasteiger charge is -2.43. The van der Waals surface area contributed by atoms with E-state index in [-0.39, 0.29) is 16.5 Å². The van der Waals surface area contributed by atoms with E-state index in [0.29, 0.717) is 17.3 Å². The van der Waals surface area contributed by atoms with Crippen molar-refractivity contribution >= 4 is 34.6 Å². The lowest BCUT2D eigenvalue weighted by atomic mass is 9.80. The maximum atomic E-state index is 13.7. The van der Waals surface area contributed by atoms with Gasteiger partial charge in [0, 0.05) is 17.2 Å². The number of para-hydroxylation sites is 1. The first-order valence-electron chi connectivity index (χ1n) is 8.31. The van der Waals surface area contributed by atoms with Crippen LogP contribution in [0, 0.1) is 5.82 Å². The van der Waals surface area contributed by atoms with Crippen LogP contribution in [0.15, 0.2) is 41.4 Å². The van der Waals surface area contributed by atoms with Crippen LogP contribution in [0.5, 0.6) is 0 Å². The zero-order valence-corrected chi connectivity index (χ0v) is 15.1. The molecule has 0 aliphatic carbocycles. The average Bonchev–Trinajstić information content (AvgIpc) is 2.82. The van der Waals surface area contributed by atoms with Crippen LogP contribution in [-0.2, 0) is 4.79 Å². The SMILES string of the molecule is CC1CC(C)(C)N2C(=O)C(=Nc3ccc(Cl)c(F)c3)c3cccc1c32. The van der Waals surface area contributed by atoms with Gasteiger partial charge in [-0.3, -0.25) is 4.79 Å². The highest BCUT2D eigenvalue weighted by Crippen LogP contribution is 2.48. The number of benzene rings is 2. The number of hydrogen-bond acceptors (Lipinski definition) is 2. The molecule has 2 aromatic carbocycles. The van der Waals surface area contributed by atoms with E-state index >= 15 is 0 Å². The Kier molecular flexibility index (Phi) is 3.51. The van der Waals surface area contributed by atoms with Gasteiger partial charge in [-0.15, -0.1) is 0 Å². The van der Waals surface area contributed by atoms with Crippen molar-refractivity contribution in [2.24, 2.45) is 4.99 Å². The number of carbonyl (C=O) groups is 1. The number of rotatable bonds is 1. The molecule has 2 aliphatic heterocycles. The van der Waals surface area contributed by atoms with Gasteiger partial charge in [-0.25, -0.2) is 9.38 Å². The predicted octanol–water partition coefficient (Wildman–Crippen LogP) is 5.23. The number of nitrogens with zero attached hydrogens (tertiary/aromatic N) is 2. The summed E-state index contributed by atoms with van der Waals surface area (Å²) in [5.74, 6) is -0.311. The lowest BCUT2D eigenvalue weighted by Crippen LogP contribution is -2.50. The summed E-state index contributed by atoms with van der Waals surface area (Å²) in [7, 11) is 0. The number of hydrogen-bond donors (Lipinski definition) is 0. The quantitative estimate of drug-likeness (QED) is 0.688. The molecule has 0 bridgehead atoms. The summed E-state index contributed by atoms with van der Waals surface area (Å²) in [4.78, 5) is 19.5. The van der Waals surface area contributed by atoms with E-state index in [1.165, 1.54) is 12.1 Å². The van der Waals surface area contributed by atoms with E-state index in [4.69, 9.17) is 11.6 Å². The van der Waals surface area contributed by atoms with E-state index in [0.717, 1.165) is 23.2 Å². The third kappa shape index (κ3) is 2.39. The minimum Gasteiger partial charge on any atom is -0.300 e. The maximum Gasteiger partial charge on any atom is 0.278 e. The van der Waals surface area contributed by atoms with E-state index in [9.17, 15) is 9.18 Å². The molecule has 25 heavy (non-hydrogen) atoms. The fraction of sp³-hybridized carbons (Fsp3) is 0.300. The largest absolute Gasteiger partial charge is 0.300 e. The molecule has 1 unspecified atom stereocenters. The number of halogens is 2. The smallest absolute Gasteiger partial charge is 0.278 e. The number of aliphatic imine (C=N–C) groups is 1. The van der Waals surface area contributed by atoms with Crippen LogP contribution in [-0.4, -0.2) is 17.2 Å². The van der Waals surface area contributed by atoms with Gasteiger partial charge in [0.1, 0.15) is 11.5 Å². The first-order valence-corrected chi connectivity index (χ1v) is 8.69. The molecule has 0 radical (unpaired) electrons. The molecular weight excluding hydrogens is 339 g/mol. The van der Waals surface area contributed by atoms with Crippen LogP contribution >= 0.6 is 11.6 Å². The first-order chi connectivity index (χ1) is 11.8. The van der Waals surface area contributed by atoms with Crippen LogP contribution in [0.25, 0.3) is 0 Å². The highest BCUT2D eigenvalue weighted by molar-refractivity contribution is 6.55. The third-order valence-corrected chi connectivity index (χ3v) is 5.34. The average molecular weight is 357 g/mol. The maximum absolute atomic E-state index is 13.7. The van der Waals surface area contributed by atoms with Crippen molar-refractivity contribution in [1.82, 2.24) is 0 Å². The Bertz CT molecular complexity index is 935. The predicted molar refractivity (Wildman–Crippen MR) is 98.6 cm³/mol. The van der Waals surface area contributed by atoms with Gasteiger partial charge < -0.3 is 4.90 Å². The Morgan fingerprint density at radius 1 is 1.28 bits per heavy atom. The van der Waals surface area contributed by atoms with E-state index in [1.54, 1.807) is 6.07 Å². The molecule has 0 aromatic heterocycles. The zero-order valence-electron chi connectivity index (χ0n) is 14.3. The standard InChI is InChI=1S/C20H18ClFN2O/c1-11-10-20(2,3)24-18-13(11)5-4-6-14(18)17(19(24)25)23-12-7-8-15(21)16(22)9-12/h4-9,11H,10H2,1-3H3. The summed E-state index contributed by atoms with van der Waals surface area (Å²) in [5.41, 5.74) is 3.39. The van der Waals surface area contributed by atoms with Crippen molar-refractivity contribution in [2.45, 2.75) is 38.6 Å². The monoisotopic (exact) mass is 356 g/mol. The molecule has 3 nitrogen and oxygen atoms in total. The van der Waals surface area contributed by atoms with Crippen molar-refractivity contribution in [1.29, 1.82) is 0 Å². The molecule has 5 heteroatoms. The molecule has 0 saturated carbocycles. The molecule has 2 heterocycles. The van der Waals surface area contributed by atoms with Gasteiger partial charge in [0.2, 0.25) is 0 Å². The van der Waals surface area contributed by atoms with Gasteiger partial charge in [-0.05, 0) is 43.9 Å². The second-order valence-corrected chi connectivity index (χ2v) is 7.77. The summed E-state index contributed by atoms with van der Waals surface area (Å²) in [6.07, 6.45) is 0.887. The van der Waals surface area contributed by atoms with Crippen molar-refractivity contribution in [3.05, 3.63) is 58.4 Å². The minimum absolute atomic E-state index is 0.0406. The summed E-state index contributed by atoms with van der Waals surface area (Å²) < 4.78 is 13.7. The first kappa shape index (κ1) is 16.3. The van der Waals surface area contributed by atoms with Crippen LogP contribution in [0.4, 0.5) is 15.8 Å². The summed E-state index contributed by atoms with van der Waals surface area (Å²) in [6, 6.07) is 10.3. The molecule has 0 fully saturated rings. The van der Waals surface area contributed by atoms with Crippen LogP contribution in [0.2, 0.25) is 5.02 Å². The van der Waals surface area contributed by atoms with Gasteiger partial charge >= 0.3 is 0 Å². The van der Waals surface area contributed by atoms with E-state index < -0.39 is 5.82 Å². The Morgan fingerprint density at radius 2 is 2.04 bits per heavy atom. The van der Waals surface area contributed by atoms with Gasteiger partial charge in [0.15, 0.2) is 0 Å². The molecule has 1 atom stereocenters. The highest BCUT2D eigenvalue weighted by atomic mass is 35.5. The molecule has 0 spiro atoms. The van der Waals surface area contributed by atoms with Crippen molar-refractivity contribution in [2.75, 3.05) is 4.90 Å². The normalized spacial score (nSPS) is 22.4. The molecular formula is C20H18ClFN2O. The number of amides is 1. The zero-order chi connectivity index (χ0) is 17.9. The van der Waals surface area contributed by atoms with E-state index in [1.807, 2.05) is 17.0 Å². The third-order valence-electron chi connectivity index (χ3n) is 5.04. The number of carbonyl (C=O) groups excluding carboxylic acids is 1. The fourth-order valence-electron chi connectivity index (χ4n) is 4.04. The minimum atomic E-state index is -0.543. The van der Waals surface area contributed by atoms with Crippen LogP contribution in [0.1, 0.15) is 44.2 Å². The number of anilines is 1. The van der Waals surface area contributed by atoms with Gasteiger partial charge in [0.25, 0.3) is 5.91 Å². The Morgan fingerprint density at radius 3 is 2.76 bits per heavy atom. The van der Waals surface area contributed by atoms with Crippen molar-refractivity contribution < 1.29 is 9.18 Å². The molecule has 2 aromatic rings. The second kappa shape index (κ2) is 5.40. The van der Waals surface area contributed by atoms with E-state index in [2.05, 4.69) is 31.8 Å². The van der Waals surface area contributed by atoms with Crippen LogP contribution in [0.3, 0.4) is 0 Å². The molecule has 0 saturated heterocycles. The molecule has 1 amide bonds. The molecule has 4 rings (SSSR count). The Labute approximate surface area is 151 Å². The topological polar surface area (TPSA) is 32.7 Å². The summed E-state index contributed by atoms with van der Waals surface area (Å²) >= 11 is 5.74. The Hall–Kier alpha value is -2.20. The molecule has 0 N–H and O–H groups in total. The van der Waals surface area contributed by atoms with Gasteiger partial charge in [-0.1, -0.05) is 36.7 Å². The lowest BCUT2D eigenvalue weighted by molar-refractivity contribution is -0.113. The molecule has 128 valence electrons. The summed E-state index contributed by atoms with van der Waals surface area (Å²) in [6.45, 7) is 6.33. The highest BCUT2D eigenvalue weighted by Gasteiger charge is 2.47. The fourth-order valence-corrected chi connectivity index (χ4v) is 4.16. The van der Waals surface area contributed by atoms with Crippen LogP contribution < -0.4 is 4.90 Å². The molecule has 2 aliphatic rings. The van der Waals surface area contributed by atoms with Gasteiger partial charge in [0.05, 0.1) is 16.4 Å². The van der Waals surface area contributed by atoms with Gasteiger partial charge in [-0.2, -0.15) is 0 Å². The van der Waals surface area contributed by atoms with Crippen molar-refractivity contribution in [3.63, 3.8) is 0 Å². The second-order valence-electron chi connectivity index (χ2n) is 7.36.